The molecule has 170 valence electrons. The molecule has 10 heteroatoms. The van der Waals surface area contributed by atoms with Crippen LogP contribution in [0.2, 0.25) is 0 Å². The number of hydrogen-bond acceptors (Lipinski definition) is 5. The highest BCUT2D eigenvalue weighted by molar-refractivity contribution is 5.72. The summed E-state index contributed by atoms with van der Waals surface area (Å²) in [6.45, 7) is 1.89. The van der Waals surface area contributed by atoms with Gasteiger partial charge in [0.1, 0.15) is 11.6 Å². The fourth-order valence-corrected chi connectivity index (χ4v) is 3.43. The number of hydrogen-bond donors (Lipinski definition) is 0. The minimum absolute atomic E-state index is 0.243. The van der Waals surface area contributed by atoms with E-state index < -0.39 is 11.9 Å². The van der Waals surface area contributed by atoms with Crippen molar-refractivity contribution in [3.63, 3.8) is 0 Å². The molecule has 0 unspecified atom stereocenters. The summed E-state index contributed by atoms with van der Waals surface area (Å²) < 4.78 is 41.9. The fraction of sp³-hybridized carbons (Fsp3) is 0.0833. The Morgan fingerprint density at radius 2 is 1.26 bits per heavy atom. The van der Waals surface area contributed by atoms with Crippen molar-refractivity contribution >= 4 is 17.3 Å². The zero-order chi connectivity index (χ0) is 23.7. The van der Waals surface area contributed by atoms with Gasteiger partial charge < -0.3 is 0 Å². The van der Waals surface area contributed by atoms with E-state index in [9.17, 15) is 13.2 Å². The molecule has 4 aromatic heterocycles. The Hall–Kier alpha value is -4.47. The van der Waals surface area contributed by atoms with Crippen LogP contribution in [0.4, 0.5) is 30.5 Å². The first-order valence-electron chi connectivity index (χ1n) is 10.3. The predicted octanol–water partition coefficient (Wildman–Crippen LogP) is 5.65. The molecule has 0 bridgehead atoms. The average Bonchev–Trinajstić information content (AvgIpc) is 3.50. The minimum atomic E-state index is -4.53. The van der Waals surface area contributed by atoms with Crippen molar-refractivity contribution in [3.05, 3.63) is 103 Å². The number of alkyl halides is 3. The summed E-state index contributed by atoms with van der Waals surface area (Å²) in [7, 11) is 0. The van der Waals surface area contributed by atoms with Gasteiger partial charge in [-0.05, 0) is 55.5 Å². The van der Waals surface area contributed by atoms with E-state index in [-0.39, 0.29) is 5.82 Å². The summed E-state index contributed by atoms with van der Waals surface area (Å²) in [6, 6.07) is 22.9. The summed E-state index contributed by atoms with van der Waals surface area (Å²) in [5.41, 5.74) is 0.660. The lowest BCUT2D eigenvalue weighted by atomic mass is 10.2. The second-order valence-corrected chi connectivity index (χ2v) is 7.42. The monoisotopic (exact) mass is 461 g/mol. The van der Waals surface area contributed by atoms with Crippen molar-refractivity contribution < 1.29 is 13.2 Å². The van der Waals surface area contributed by atoms with E-state index in [0.717, 1.165) is 22.1 Å². The molecule has 0 spiro atoms. The number of aryl methyl sites for hydroxylation is 1. The average molecular weight is 461 g/mol. The lowest BCUT2D eigenvalue weighted by Crippen LogP contribution is -2.15. The van der Waals surface area contributed by atoms with Crippen molar-refractivity contribution in [3.8, 4) is 11.6 Å². The molecule has 1 aromatic carbocycles. The number of nitrogens with zero attached hydrogens (tertiary/aromatic N) is 7. The van der Waals surface area contributed by atoms with E-state index in [1.165, 1.54) is 6.20 Å². The van der Waals surface area contributed by atoms with Gasteiger partial charge >= 0.3 is 6.18 Å². The highest BCUT2D eigenvalue weighted by atomic mass is 19.4. The van der Waals surface area contributed by atoms with Crippen LogP contribution in [0.15, 0.2) is 91.3 Å². The normalized spacial score (nSPS) is 11.5. The molecule has 0 aliphatic carbocycles. The topological polar surface area (TPSA) is 64.7 Å². The minimum Gasteiger partial charge on any atom is -0.279 e. The molecule has 5 aromatic rings. The van der Waals surface area contributed by atoms with Gasteiger partial charge in [-0.1, -0.05) is 30.3 Å². The number of halogens is 3. The quantitative estimate of drug-likeness (QED) is 0.339. The smallest absolute Gasteiger partial charge is 0.279 e. The Bertz CT molecular complexity index is 1420. The molecule has 34 heavy (non-hydrogen) atoms. The molecule has 5 rings (SSSR count). The van der Waals surface area contributed by atoms with Gasteiger partial charge in [-0.25, -0.2) is 19.3 Å². The number of anilines is 3. The Morgan fingerprint density at radius 3 is 1.79 bits per heavy atom. The number of rotatable bonds is 5. The third-order valence-electron chi connectivity index (χ3n) is 4.98. The van der Waals surface area contributed by atoms with E-state index in [2.05, 4.69) is 15.2 Å². The van der Waals surface area contributed by atoms with Crippen LogP contribution < -0.4 is 4.90 Å². The summed E-state index contributed by atoms with van der Waals surface area (Å²) in [5.74, 6) is 1.89. The van der Waals surface area contributed by atoms with E-state index >= 15 is 0 Å². The van der Waals surface area contributed by atoms with Crippen LogP contribution in [0.25, 0.3) is 11.6 Å². The first kappa shape index (κ1) is 21.4. The third kappa shape index (κ3) is 4.25. The number of para-hydroxylation sites is 1. The van der Waals surface area contributed by atoms with Crippen molar-refractivity contribution in [2.45, 2.75) is 13.1 Å². The van der Waals surface area contributed by atoms with Crippen LogP contribution in [-0.2, 0) is 6.18 Å². The van der Waals surface area contributed by atoms with Crippen molar-refractivity contribution in [2.75, 3.05) is 4.90 Å². The Morgan fingerprint density at radius 1 is 0.676 bits per heavy atom. The molecular formula is C24H18F3N7. The second-order valence-electron chi connectivity index (χ2n) is 7.42. The number of pyridine rings is 2. The molecule has 0 saturated carbocycles. The Kier molecular flexibility index (Phi) is 5.33. The molecule has 0 aliphatic rings. The number of aromatic nitrogens is 6. The lowest BCUT2D eigenvalue weighted by Gasteiger charge is -2.23. The third-order valence-corrected chi connectivity index (χ3v) is 4.98. The van der Waals surface area contributed by atoms with Crippen LogP contribution in [0.5, 0.6) is 0 Å². The first-order valence-corrected chi connectivity index (χ1v) is 10.3. The molecule has 0 fully saturated rings. The molecule has 0 N–H and O–H groups in total. The Balaban J connectivity index is 1.60. The van der Waals surface area contributed by atoms with Gasteiger partial charge in [-0.2, -0.15) is 23.4 Å². The maximum absolute atomic E-state index is 13.0. The zero-order valence-electron chi connectivity index (χ0n) is 17.9. The standard InChI is InChI=1S/C24H18F3N7/c1-17-13-15-32(30-17)20-9-5-11-22(28-20)34(18-7-3-2-4-8-18)23-12-6-10-21(29-23)33-16-14-19(31-33)24(25,26)27/h2-16H,1H3. The molecule has 0 amide bonds. The van der Waals surface area contributed by atoms with Crippen molar-refractivity contribution in [1.82, 2.24) is 29.5 Å². The molecule has 0 saturated heterocycles. The maximum atomic E-state index is 13.0. The SMILES string of the molecule is Cc1ccn(-c2cccc(N(c3ccccc3)c3cccc(-n4ccc(C(F)(F)F)n4)n3)n2)n1. The predicted molar refractivity (Wildman–Crippen MR) is 121 cm³/mol. The fourth-order valence-electron chi connectivity index (χ4n) is 3.43. The van der Waals surface area contributed by atoms with Gasteiger partial charge in [-0.15, -0.1) is 0 Å². The molecule has 0 aliphatic heterocycles. The van der Waals surface area contributed by atoms with Crippen LogP contribution in [0.1, 0.15) is 11.4 Å². The maximum Gasteiger partial charge on any atom is 0.435 e. The summed E-state index contributed by atoms with van der Waals surface area (Å²) in [6.07, 6.45) is -1.47. The number of benzene rings is 1. The van der Waals surface area contributed by atoms with Crippen molar-refractivity contribution in [2.24, 2.45) is 0 Å². The van der Waals surface area contributed by atoms with Crippen molar-refractivity contribution in [1.29, 1.82) is 0 Å². The second kappa shape index (κ2) is 8.47. The van der Waals surface area contributed by atoms with E-state index in [0.29, 0.717) is 17.5 Å². The van der Waals surface area contributed by atoms with E-state index in [1.807, 2.05) is 72.6 Å². The van der Waals surface area contributed by atoms with Gasteiger partial charge in [0, 0.05) is 18.1 Å². The molecular weight excluding hydrogens is 443 g/mol. The molecule has 4 heterocycles. The molecule has 0 atom stereocenters. The van der Waals surface area contributed by atoms with Gasteiger partial charge in [0.2, 0.25) is 0 Å². The van der Waals surface area contributed by atoms with Crippen LogP contribution in [-0.4, -0.2) is 29.5 Å². The van der Waals surface area contributed by atoms with Crippen LogP contribution >= 0.6 is 0 Å². The van der Waals surface area contributed by atoms with Gasteiger partial charge in [0.15, 0.2) is 17.3 Å². The highest BCUT2D eigenvalue weighted by Gasteiger charge is 2.33. The summed E-state index contributed by atoms with van der Waals surface area (Å²) >= 11 is 0. The van der Waals surface area contributed by atoms with E-state index in [4.69, 9.17) is 4.98 Å². The van der Waals surface area contributed by atoms with Crippen LogP contribution in [0.3, 0.4) is 0 Å². The zero-order valence-corrected chi connectivity index (χ0v) is 17.9. The lowest BCUT2D eigenvalue weighted by molar-refractivity contribution is -0.141. The largest absolute Gasteiger partial charge is 0.435 e. The molecule has 7 nitrogen and oxygen atoms in total. The summed E-state index contributed by atoms with van der Waals surface area (Å²) in [4.78, 5) is 11.2. The van der Waals surface area contributed by atoms with Gasteiger partial charge in [-0.3, -0.25) is 4.90 Å². The highest BCUT2D eigenvalue weighted by Crippen LogP contribution is 2.33. The first-order chi connectivity index (χ1) is 16.4. The molecule has 0 radical (unpaired) electrons. The van der Waals surface area contributed by atoms with Gasteiger partial charge in [0.25, 0.3) is 0 Å². The Labute approximate surface area is 192 Å². The summed E-state index contributed by atoms with van der Waals surface area (Å²) in [5, 5.41) is 8.06. The van der Waals surface area contributed by atoms with Crippen LogP contribution in [0, 0.1) is 6.92 Å². The van der Waals surface area contributed by atoms with E-state index in [1.54, 1.807) is 22.9 Å². The van der Waals surface area contributed by atoms with Gasteiger partial charge in [0.05, 0.1) is 5.69 Å².